The van der Waals surface area contributed by atoms with E-state index in [-0.39, 0.29) is 11.7 Å². The van der Waals surface area contributed by atoms with E-state index in [4.69, 9.17) is 11.6 Å². The second-order valence-electron chi connectivity index (χ2n) is 8.24. The van der Waals surface area contributed by atoms with Crippen LogP contribution in [0.3, 0.4) is 0 Å². The van der Waals surface area contributed by atoms with Crippen molar-refractivity contribution in [3.8, 4) is 5.69 Å². The molecular formula is C24H24ClF3N4O. The molecule has 9 heteroatoms. The van der Waals surface area contributed by atoms with Gasteiger partial charge in [0.2, 0.25) is 0 Å². The minimum absolute atomic E-state index is 0.176. The highest BCUT2D eigenvalue weighted by molar-refractivity contribution is 6.30. The average molecular weight is 477 g/mol. The summed E-state index contributed by atoms with van der Waals surface area (Å²) in [6.07, 6.45) is -2.44. The van der Waals surface area contributed by atoms with Crippen molar-refractivity contribution < 1.29 is 18.0 Å². The first-order valence-corrected chi connectivity index (χ1v) is 11.1. The molecule has 0 radical (unpaired) electrons. The molecule has 1 aliphatic rings. The molecule has 0 saturated carbocycles. The van der Waals surface area contributed by atoms with Crippen LogP contribution in [-0.2, 0) is 12.7 Å². The van der Waals surface area contributed by atoms with Gasteiger partial charge >= 0.3 is 6.18 Å². The third kappa shape index (κ3) is 5.39. The highest BCUT2D eigenvalue weighted by Gasteiger charge is 2.41. The van der Waals surface area contributed by atoms with Gasteiger partial charge in [-0.2, -0.15) is 18.3 Å². The number of amides is 1. The number of aryl methyl sites for hydroxylation is 1. The number of aromatic nitrogens is 2. The van der Waals surface area contributed by atoms with Crippen molar-refractivity contribution in [2.45, 2.75) is 38.5 Å². The minimum atomic E-state index is -4.75. The van der Waals surface area contributed by atoms with Crippen LogP contribution in [-0.4, -0.2) is 39.7 Å². The second kappa shape index (κ2) is 9.57. The number of likely N-dealkylation sites (tertiary alicyclic amines) is 1. The average Bonchev–Trinajstić information content (AvgIpc) is 3.23. The Morgan fingerprint density at radius 3 is 2.42 bits per heavy atom. The highest BCUT2D eigenvalue weighted by atomic mass is 35.5. The molecule has 1 fully saturated rings. The predicted molar refractivity (Wildman–Crippen MR) is 121 cm³/mol. The zero-order chi connectivity index (χ0) is 23.6. The molecule has 0 atom stereocenters. The largest absolute Gasteiger partial charge is 0.434 e. The number of nitrogens with one attached hydrogen (secondary N) is 1. The number of alkyl halides is 3. The van der Waals surface area contributed by atoms with Gasteiger partial charge in [-0.25, -0.2) is 4.68 Å². The second-order valence-corrected chi connectivity index (χ2v) is 8.68. The van der Waals surface area contributed by atoms with E-state index in [0.717, 1.165) is 30.5 Å². The van der Waals surface area contributed by atoms with Gasteiger partial charge in [0, 0.05) is 30.7 Å². The predicted octanol–water partition coefficient (Wildman–Crippen LogP) is 5.25. The van der Waals surface area contributed by atoms with Crippen LogP contribution in [0.2, 0.25) is 5.02 Å². The van der Waals surface area contributed by atoms with Crippen LogP contribution < -0.4 is 5.32 Å². The third-order valence-electron chi connectivity index (χ3n) is 5.93. The Labute approximate surface area is 195 Å². The molecule has 174 valence electrons. The maximum absolute atomic E-state index is 13.9. The van der Waals surface area contributed by atoms with Crippen molar-refractivity contribution in [3.05, 3.63) is 82.1 Å². The van der Waals surface area contributed by atoms with Gasteiger partial charge in [0.1, 0.15) is 0 Å². The van der Waals surface area contributed by atoms with Crippen molar-refractivity contribution >= 4 is 17.5 Å². The number of rotatable bonds is 5. The maximum Gasteiger partial charge on any atom is 0.434 e. The minimum Gasteiger partial charge on any atom is -0.349 e. The van der Waals surface area contributed by atoms with E-state index in [1.54, 1.807) is 0 Å². The topological polar surface area (TPSA) is 50.2 Å². The molecule has 5 nitrogen and oxygen atoms in total. The van der Waals surface area contributed by atoms with Crippen LogP contribution in [0.4, 0.5) is 13.2 Å². The number of hydrogen-bond donors (Lipinski definition) is 1. The Kier molecular flexibility index (Phi) is 6.76. The Morgan fingerprint density at radius 2 is 1.79 bits per heavy atom. The number of hydrogen-bond acceptors (Lipinski definition) is 3. The number of piperidine rings is 1. The van der Waals surface area contributed by atoms with Gasteiger partial charge in [-0.3, -0.25) is 9.69 Å². The van der Waals surface area contributed by atoms with E-state index in [1.807, 2.05) is 12.1 Å². The van der Waals surface area contributed by atoms with Crippen LogP contribution in [0.1, 0.15) is 40.0 Å². The summed E-state index contributed by atoms with van der Waals surface area (Å²) in [4.78, 5) is 15.1. The van der Waals surface area contributed by atoms with E-state index in [0.29, 0.717) is 17.9 Å². The van der Waals surface area contributed by atoms with Gasteiger partial charge in [-0.05, 0) is 55.2 Å². The summed E-state index contributed by atoms with van der Waals surface area (Å²) >= 11 is 5.84. The van der Waals surface area contributed by atoms with Crippen molar-refractivity contribution in [3.63, 3.8) is 0 Å². The molecule has 1 amide bonds. The molecule has 0 unspecified atom stereocenters. The molecule has 1 aliphatic heterocycles. The van der Waals surface area contributed by atoms with Crippen molar-refractivity contribution in [2.75, 3.05) is 13.1 Å². The molecule has 1 aromatic heterocycles. The van der Waals surface area contributed by atoms with Crippen molar-refractivity contribution in [1.82, 2.24) is 20.0 Å². The Bertz CT molecular complexity index is 1120. The fraction of sp³-hybridized carbons (Fsp3) is 0.333. The first-order valence-electron chi connectivity index (χ1n) is 10.7. The van der Waals surface area contributed by atoms with Gasteiger partial charge < -0.3 is 5.32 Å². The number of carbonyl (C=O) groups excluding carboxylic acids is 1. The zero-order valence-electron chi connectivity index (χ0n) is 18.1. The molecule has 0 aliphatic carbocycles. The first kappa shape index (κ1) is 23.3. The molecule has 0 bridgehead atoms. The summed E-state index contributed by atoms with van der Waals surface area (Å²) in [5, 5.41) is 7.02. The van der Waals surface area contributed by atoms with E-state index < -0.39 is 23.3 Å². The van der Waals surface area contributed by atoms with Crippen LogP contribution in [0.15, 0.2) is 54.7 Å². The van der Waals surface area contributed by atoms with Gasteiger partial charge in [-0.1, -0.05) is 35.9 Å². The summed E-state index contributed by atoms with van der Waals surface area (Å²) in [5.74, 6) is -0.764. The summed E-state index contributed by atoms with van der Waals surface area (Å²) < 4.78 is 42.3. The number of halogens is 4. The summed E-state index contributed by atoms with van der Waals surface area (Å²) in [6, 6.07) is 13.8. The molecule has 1 saturated heterocycles. The van der Waals surface area contributed by atoms with E-state index >= 15 is 0 Å². The third-order valence-corrected chi connectivity index (χ3v) is 6.18. The summed E-state index contributed by atoms with van der Waals surface area (Å²) in [5.41, 5.74) is 1.07. The summed E-state index contributed by atoms with van der Waals surface area (Å²) in [6.45, 7) is 4.41. The quantitative estimate of drug-likeness (QED) is 0.547. The van der Waals surface area contributed by atoms with Crippen molar-refractivity contribution in [1.29, 1.82) is 0 Å². The molecule has 33 heavy (non-hydrogen) atoms. The van der Waals surface area contributed by atoms with Crippen LogP contribution in [0.5, 0.6) is 0 Å². The number of nitrogens with zero attached hydrogens (tertiary/aromatic N) is 3. The lowest BCUT2D eigenvalue weighted by Gasteiger charge is -2.32. The smallest absolute Gasteiger partial charge is 0.349 e. The van der Waals surface area contributed by atoms with Crippen LogP contribution in [0, 0.1) is 6.92 Å². The molecule has 3 aromatic rings. The lowest BCUT2D eigenvalue weighted by atomic mass is 10.0. The van der Waals surface area contributed by atoms with Crippen molar-refractivity contribution in [2.24, 2.45) is 0 Å². The molecule has 1 N–H and O–H groups in total. The standard InChI is InChI=1S/C24H24ClF3N4O/c1-16-4-2-3-5-17(16)15-31-12-10-19(11-13-31)30-23(33)21-14-29-32(22(21)24(26,27)28)20-8-6-18(25)7-9-20/h2-9,14,19H,10-13,15H2,1H3,(H,30,33). The fourth-order valence-electron chi connectivity index (χ4n) is 4.09. The fourth-order valence-corrected chi connectivity index (χ4v) is 4.22. The normalized spacial score (nSPS) is 15.5. The molecule has 0 spiro atoms. The van der Waals surface area contributed by atoms with E-state index in [2.05, 4.69) is 34.4 Å². The van der Waals surface area contributed by atoms with Crippen LogP contribution >= 0.6 is 11.6 Å². The Hall–Kier alpha value is -2.84. The number of carbonyl (C=O) groups is 1. The molecule has 2 aromatic carbocycles. The SMILES string of the molecule is Cc1ccccc1CN1CCC(NC(=O)c2cnn(-c3ccc(Cl)cc3)c2C(F)(F)F)CC1. The first-order chi connectivity index (χ1) is 15.7. The lowest BCUT2D eigenvalue weighted by Crippen LogP contribution is -2.44. The monoisotopic (exact) mass is 476 g/mol. The Morgan fingerprint density at radius 1 is 1.12 bits per heavy atom. The zero-order valence-corrected chi connectivity index (χ0v) is 18.8. The molecular weight excluding hydrogens is 453 g/mol. The lowest BCUT2D eigenvalue weighted by molar-refractivity contribution is -0.143. The Balaban J connectivity index is 1.44. The highest BCUT2D eigenvalue weighted by Crippen LogP contribution is 2.34. The molecule has 4 rings (SSSR count). The van der Waals surface area contributed by atoms with Gasteiger partial charge in [0.05, 0.1) is 17.4 Å². The maximum atomic E-state index is 13.9. The number of benzene rings is 2. The molecule has 2 heterocycles. The summed E-state index contributed by atoms with van der Waals surface area (Å²) in [7, 11) is 0. The van der Waals surface area contributed by atoms with E-state index in [1.165, 1.54) is 35.4 Å². The van der Waals surface area contributed by atoms with Gasteiger partial charge in [-0.15, -0.1) is 0 Å². The van der Waals surface area contributed by atoms with Crippen LogP contribution in [0.25, 0.3) is 5.69 Å². The van der Waals surface area contributed by atoms with Gasteiger partial charge in [0.15, 0.2) is 5.69 Å². The van der Waals surface area contributed by atoms with Gasteiger partial charge in [0.25, 0.3) is 5.91 Å². The van der Waals surface area contributed by atoms with E-state index in [9.17, 15) is 18.0 Å².